The van der Waals surface area contributed by atoms with E-state index in [1.54, 1.807) is 0 Å². The zero-order valence-corrected chi connectivity index (χ0v) is 11.9. The molecule has 104 valence electrons. The van der Waals surface area contributed by atoms with Crippen LogP contribution in [0.4, 0.5) is 0 Å². The molecule has 2 rings (SSSR count). The first kappa shape index (κ1) is 13.8. The zero-order valence-electron chi connectivity index (χ0n) is 11.9. The summed E-state index contributed by atoms with van der Waals surface area (Å²) in [6, 6.07) is 0.592. The maximum absolute atomic E-state index is 11.9. The van der Waals surface area contributed by atoms with Gasteiger partial charge in [-0.05, 0) is 37.3 Å². The van der Waals surface area contributed by atoms with Crippen LogP contribution in [0.1, 0.15) is 27.2 Å². The van der Waals surface area contributed by atoms with Crippen LogP contribution in [0.2, 0.25) is 0 Å². The Bertz CT molecular complexity index is 293. The molecule has 2 aliphatic rings. The van der Waals surface area contributed by atoms with Gasteiger partial charge in [0.25, 0.3) is 0 Å². The molecule has 4 nitrogen and oxygen atoms in total. The largest absolute Gasteiger partial charge is 0.355 e. The normalized spacial score (nSPS) is 31.9. The van der Waals surface area contributed by atoms with Crippen LogP contribution in [0.15, 0.2) is 0 Å². The summed E-state index contributed by atoms with van der Waals surface area (Å²) in [5.41, 5.74) is 0. The van der Waals surface area contributed by atoms with Crippen molar-refractivity contribution in [2.75, 3.05) is 32.7 Å². The first-order valence-electron chi connectivity index (χ1n) is 7.33. The van der Waals surface area contributed by atoms with E-state index in [4.69, 9.17) is 0 Å². The van der Waals surface area contributed by atoms with E-state index in [1.807, 2.05) is 0 Å². The van der Waals surface area contributed by atoms with Gasteiger partial charge in [-0.3, -0.25) is 9.69 Å². The van der Waals surface area contributed by atoms with Gasteiger partial charge in [0, 0.05) is 19.1 Å². The molecule has 2 N–H and O–H groups in total. The van der Waals surface area contributed by atoms with Crippen LogP contribution in [0.5, 0.6) is 0 Å². The van der Waals surface area contributed by atoms with Crippen molar-refractivity contribution in [3.05, 3.63) is 0 Å². The fourth-order valence-electron chi connectivity index (χ4n) is 3.41. The summed E-state index contributed by atoms with van der Waals surface area (Å²) in [7, 11) is 0. The van der Waals surface area contributed by atoms with E-state index in [2.05, 4.69) is 36.3 Å². The van der Waals surface area contributed by atoms with Gasteiger partial charge in [-0.1, -0.05) is 20.8 Å². The maximum atomic E-state index is 11.9. The minimum absolute atomic E-state index is 0.190. The van der Waals surface area contributed by atoms with Crippen LogP contribution in [0.25, 0.3) is 0 Å². The van der Waals surface area contributed by atoms with E-state index in [0.29, 0.717) is 18.5 Å². The van der Waals surface area contributed by atoms with Crippen molar-refractivity contribution in [3.8, 4) is 0 Å². The second-order valence-corrected chi connectivity index (χ2v) is 6.19. The molecule has 2 saturated heterocycles. The number of hydrogen-bond donors (Lipinski definition) is 2. The standard InChI is InChI=1S/C14H27N3O/c1-4-13-12-7-15-6-11(12)8-17(13)9-14(18)16-5-10(2)3/h10-13,15H,4-9H2,1-3H3,(H,16,18). The number of carbonyl (C=O) groups is 1. The predicted octanol–water partition coefficient (Wildman–Crippen LogP) is 0.688. The lowest BCUT2D eigenvalue weighted by Crippen LogP contribution is -2.43. The Morgan fingerprint density at radius 3 is 2.89 bits per heavy atom. The molecule has 0 bridgehead atoms. The van der Waals surface area contributed by atoms with E-state index in [1.165, 1.54) is 0 Å². The molecule has 2 heterocycles. The molecule has 0 aromatic rings. The summed E-state index contributed by atoms with van der Waals surface area (Å²) in [4.78, 5) is 14.3. The van der Waals surface area contributed by atoms with Crippen LogP contribution >= 0.6 is 0 Å². The second kappa shape index (κ2) is 6.02. The number of nitrogens with one attached hydrogen (secondary N) is 2. The molecule has 2 fully saturated rings. The Morgan fingerprint density at radius 1 is 1.44 bits per heavy atom. The number of fused-ring (bicyclic) bond motifs is 1. The maximum Gasteiger partial charge on any atom is 0.234 e. The molecule has 18 heavy (non-hydrogen) atoms. The number of rotatable bonds is 5. The minimum atomic E-state index is 0.190. The molecule has 0 spiro atoms. The Morgan fingerprint density at radius 2 is 2.22 bits per heavy atom. The van der Waals surface area contributed by atoms with Gasteiger partial charge in [0.2, 0.25) is 5.91 Å². The second-order valence-electron chi connectivity index (χ2n) is 6.19. The molecule has 0 radical (unpaired) electrons. The van der Waals surface area contributed by atoms with Gasteiger partial charge in [-0.15, -0.1) is 0 Å². The van der Waals surface area contributed by atoms with E-state index in [-0.39, 0.29) is 5.91 Å². The molecule has 3 atom stereocenters. The molecule has 4 heteroatoms. The molecule has 0 saturated carbocycles. The Labute approximate surface area is 110 Å². The van der Waals surface area contributed by atoms with Crippen LogP contribution in [-0.2, 0) is 4.79 Å². The Balaban J connectivity index is 1.83. The van der Waals surface area contributed by atoms with Crippen molar-refractivity contribution >= 4 is 5.91 Å². The molecular formula is C14H27N3O. The van der Waals surface area contributed by atoms with Gasteiger partial charge in [0.1, 0.15) is 0 Å². The third-order valence-electron chi connectivity index (χ3n) is 4.30. The van der Waals surface area contributed by atoms with E-state index >= 15 is 0 Å². The lowest BCUT2D eigenvalue weighted by atomic mass is 9.93. The summed E-state index contributed by atoms with van der Waals surface area (Å²) >= 11 is 0. The van der Waals surface area contributed by atoms with Crippen molar-refractivity contribution in [1.82, 2.24) is 15.5 Å². The summed E-state index contributed by atoms with van der Waals surface area (Å²) in [6.07, 6.45) is 1.15. The van der Waals surface area contributed by atoms with Gasteiger partial charge >= 0.3 is 0 Å². The lowest BCUT2D eigenvalue weighted by molar-refractivity contribution is -0.122. The zero-order chi connectivity index (χ0) is 13.1. The third-order valence-corrected chi connectivity index (χ3v) is 4.30. The van der Waals surface area contributed by atoms with Gasteiger partial charge < -0.3 is 10.6 Å². The predicted molar refractivity (Wildman–Crippen MR) is 73.3 cm³/mol. The highest BCUT2D eigenvalue weighted by molar-refractivity contribution is 5.78. The Kier molecular flexibility index (Phi) is 4.62. The third kappa shape index (κ3) is 3.04. The molecule has 0 aromatic carbocycles. The fourth-order valence-corrected chi connectivity index (χ4v) is 3.41. The van der Waals surface area contributed by atoms with Gasteiger partial charge in [-0.25, -0.2) is 0 Å². The number of hydrogen-bond acceptors (Lipinski definition) is 3. The van der Waals surface area contributed by atoms with Crippen LogP contribution < -0.4 is 10.6 Å². The lowest BCUT2D eigenvalue weighted by Gasteiger charge is -2.26. The van der Waals surface area contributed by atoms with Gasteiger partial charge in [-0.2, -0.15) is 0 Å². The summed E-state index contributed by atoms with van der Waals surface area (Å²) in [6.45, 7) is 11.2. The minimum Gasteiger partial charge on any atom is -0.355 e. The van der Waals surface area contributed by atoms with Crippen LogP contribution in [0.3, 0.4) is 0 Å². The topological polar surface area (TPSA) is 44.4 Å². The first-order chi connectivity index (χ1) is 8.61. The van der Waals surface area contributed by atoms with Crippen molar-refractivity contribution in [2.45, 2.75) is 33.2 Å². The number of amides is 1. The Hall–Kier alpha value is -0.610. The van der Waals surface area contributed by atoms with Crippen molar-refractivity contribution in [3.63, 3.8) is 0 Å². The highest BCUT2D eigenvalue weighted by Crippen LogP contribution is 2.33. The number of carbonyl (C=O) groups excluding carboxylic acids is 1. The highest BCUT2D eigenvalue weighted by Gasteiger charge is 2.43. The van der Waals surface area contributed by atoms with E-state index in [0.717, 1.165) is 44.4 Å². The molecule has 1 amide bonds. The molecule has 2 aliphatic heterocycles. The molecule has 0 aliphatic carbocycles. The average molecular weight is 253 g/mol. The first-order valence-corrected chi connectivity index (χ1v) is 7.33. The summed E-state index contributed by atoms with van der Waals surface area (Å²) in [5.74, 6) is 2.23. The summed E-state index contributed by atoms with van der Waals surface area (Å²) < 4.78 is 0. The van der Waals surface area contributed by atoms with Crippen molar-refractivity contribution in [1.29, 1.82) is 0 Å². The molecule has 0 aromatic heterocycles. The van der Waals surface area contributed by atoms with E-state index in [9.17, 15) is 4.79 Å². The van der Waals surface area contributed by atoms with Crippen LogP contribution in [-0.4, -0.2) is 49.6 Å². The monoisotopic (exact) mass is 253 g/mol. The van der Waals surface area contributed by atoms with Crippen LogP contribution in [0, 0.1) is 17.8 Å². The number of likely N-dealkylation sites (tertiary alicyclic amines) is 1. The highest BCUT2D eigenvalue weighted by atomic mass is 16.2. The smallest absolute Gasteiger partial charge is 0.234 e. The number of nitrogens with zero attached hydrogens (tertiary/aromatic N) is 1. The van der Waals surface area contributed by atoms with Crippen molar-refractivity contribution < 1.29 is 4.79 Å². The fraction of sp³-hybridized carbons (Fsp3) is 0.929. The molecule has 3 unspecified atom stereocenters. The quantitative estimate of drug-likeness (QED) is 0.757. The summed E-state index contributed by atoms with van der Waals surface area (Å²) in [5, 5.41) is 6.50. The molecular weight excluding hydrogens is 226 g/mol. The average Bonchev–Trinajstić information content (AvgIpc) is 2.86. The van der Waals surface area contributed by atoms with Gasteiger partial charge in [0.05, 0.1) is 6.54 Å². The van der Waals surface area contributed by atoms with Gasteiger partial charge in [0.15, 0.2) is 0 Å². The van der Waals surface area contributed by atoms with Crippen molar-refractivity contribution in [2.24, 2.45) is 17.8 Å². The van der Waals surface area contributed by atoms with E-state index < -0.39 is 0 Å². The SMILES string of the molecule is CCC1C2CNCC2CN1CC(=O)NCC(C)C.